The molecule has 0 fully saturated rings. The summed E-state index contributed by atoms with van der Waals surface area (Å²) in [5.74, 6) is -2.53. The van der Waals surface area contributed by atoms with Gasteiger partial charge in [-0.3, -0.25) is 4.79 Å². The van der Waals surface area contributed by atoms with Crippen LogP contribution in [0.1, 0.15) is 26.3 Å². The van der Waals surface area contributed by atoms with E-state index in [-0.39, 0.29) is 12.2 Å². The van der Waals surface area contributed by atoms with Gasteiger partial charge in [0.2, 0.25) is 0 Å². The average molecular weight is 228 g/mol. The minimum Gasteiger partial charge on any atom is -0.465 e. The quantitative estimate of drug-likeness (QED) is 0.743. The van der Waals surface area contributed by atoms with Crippen molar-refractivity contribution in [2.24, 2.45) is 0 Å². The highest BCUT2D eigenvalue weighted by Crippen LogP contribution is 2.28. The lowest BCUT2D eigenvalue weighted by Gasteiger charge is -2.23. The molecule has 0 aromatic heterocycles. The lowest BCUT2D eigenvalue weighted by molar-refractivity contribution is -0.148. The first-order chi connectivity index (χ1) is 7.41. The van der Waals surface area contributed by atoms with Crippen molar-refractivity contribution >= 4 is 5.97 Å². The first kappa shape index (κ1) is 12.6. The molecule has 0 aliphatic carbocycles. The van der Waals surface area contributed by atoms with Crippen molar-refractivity contribution in [2.75, 3.05) is 6.61 Å². The summed E-state index contributed by atoms with van der Waals surface area (Å²) in [5, 5.41) is 0. The van der Waals surface area contributed by atoms with Crippen LogP contribution < -0.4 is 0 Å². The Kier molecular flexibility index (Phi) is 3.62. The monoisotopic (exact) mass is 228 g/mol. The van der Waals surface area contributed by atoms with E-state index in [9.17, 15) is 13.6 Å². The topological polar surface area (TPSA) is 26.3 Å². The highest BCUT2D eigenvalue weighted by Gasteiger charge is 2.34. The second-order valence-corrected chi connectivity index (χ2v) is 3.95. The van der Waals surface area contributed by atoms with Crippen LogP contribution in [0.25, 0.3) is 0 Å². The molecule has 0 spiro atoms. The molecule has 0 atom stereocenters. The van der Waals surface area contributed by atoms with Crippen molar-refractivity contribution in [3.05, 3.63) is 35.4 Å². The molecule has 2 nitrogen and oxygen atoms in total. The zero-order valence-electron chi connectivity index (χ0n) is 9.51. The molecule has 0 aliphatic rings. The van der Waals surface area contributed by atoms with Crippen LogP contribution in [0, 0.1) is 11.6 Å². The van der Waals surface area contributed by atoms with Crippen LogP contribution in [0.5, 0.6) is 0 Å². The van der Waals surface area contributed by atoms with Gasteiger partial charge in [0.15, 0.2) is 11.6 Å². The van der Waals surface area contributed by atoms with Crippen LogP contribution in [0.15, 0.2) is 18.2 Å². The second-order valence-electron chi connectivity index (χ2n) is 3.95. The predicted molar refractivity (Wildman–Crippen MR) is 56.0 cm³/mol. The van der Waals surface area contributed by atoms with Gasteiger partial charge >= 0.3 is 5.97 Å². The van der Waals surface area contributed by atoms with Crippen LogP contribution in [0.3, 0.4) is 0 Å². The van der Waals surface area contributed by atoms with E-state index in [0.29, 0.717) is 0 Å². The molecule has 0 heterocycles. The minimum absolute atomic E-state index is 0.00551. The van der Waals surface area contributed by atoms with Gasteiger partial charge in [-0.1, -0.05) is 12.1 Å². The van der Waals surface area contributed by atoms with Gasteiger partial charge in [-0.2, -0.15) is 0 Å². The lowest BCUT2D eigenvalue weighted by atomic mass is 9.84. The molecule has 0 N–H and O–H groups in total. The summed E-state index contributed by atoms with van der Waals surface area (Å²) in [4.78, 5) is 11.6. The van der Waals surface area contributed by atoms with Crippen LogP contribution in [-0.2, 0) is 14.9 Å². The van der Waals surface area contributed by atoms with Crippen molar-refractivity contribution in [3.63, 3.8) is 0 Å². The Balaban J connectivity index is 3.16. The molecule has 1 aromatic rings. The Labute approximate surface area is 93.2 Å². The molecular weight excluding hydrogens is 214 g/mol. The number of ether oxygens (including phenoxy) is 1. The van der Waals surface area contributed by atoms with E-state index >= 15 is 0 Å². The van der Waals surface area contributed by atoms with Gasteiger partial charge in [-0.05, 0) is 26.8 Å². The van der Waals surface area contributed by atoms with Crippen molar-refractivity contribution in [2.45, 2.75) is 26.2 Å². The van der Waals surface area contributed by atoms with Gasteiger partial charge in [0.05, 0.1) is 12.0 Å². The first-order valence-corrected chi connectivity index (χ1v) is 5.03. The van der Waals surface area contributed by atoms with E-state index in [1.165, 1.54) is 26.0 Å². The first-order valence-electron chi connectivity index (χ1n) is 5.03. The molecule has 0 saturated heterocycles. The predicted octanol–water partition coefficient (Wildman–Crippen LogP) is 2.81. The molecule has 88 valence electrons. The third-order valence-corrected chi connectivity index (χ3v) is 2.41. The average Bonchev–Trinajstić information content (AvgIpc) is 2.22. The van der Waals surface area contributed by atoms with Gasteiger partial charge in [0.1, 0.15) is 0 Å². The number of rotatable bonds is 3. The fourth-order valence-electron chi connectivity index (χ4n) is 1.41. The number of hydrogen-bond acceptors (Lipinski definition) is 2. The Morgan fingerprint density at radius 3 is 2.56 bits per heavy atom. The molecule has 1 aromatic carbocycles. The highest BCUT2D eigenvalue weighted by molar-refractivity contribution is 5.82. The third-order valence-electron chi connectivity index (χ3n) is 2.41. The molecule has 4 heteroatoms. The largest absolute Gasteiger partial charge is 0.465 e. The van der Waals surface area contributed by atoms with Crippen LogP contribution in [0.4, 0.5) is 8.78 Å². The molecule has 0 bridgehead atoms. The fraction of sp³-hybridized carbons (Fsp3) is 0.417. The summed E-state index contributed by atoms with van der Waals surface area (Å²) in [6, 6.07) is 3.77. The van der Waals surface area contributed by atoms with E-state index in [2.05, 4.69) is 0 Å². The summed E-state index contributed by atoms with van der Waals surface area (Å²) in [6.07, 6.45) is 0. The molecule has 0 amide bonds. The molecule has 16 heavy (non-hydrogen) atoms. The second kappa shape index (κ2) is 4.60. The van der Waals surface area contributed by atoms with Crippen molar-refractivity contribution in [1.82, 2.24) is 0 Å². The van der Waals surface area contributed by atoms with Crippen LogP contribution in [0.2, 0.25) is 0 Å². The van der Waals surface area contributed by atoms with Gasteiger partial charge in [0.25, 0.3) is 0 Å². The van der Waals surface area contributed by atoms with Gasteiger partial charge in [-0.15, -0.1) is 0 Å². The van der Waals surface area contributed by atoms with Gasteiger partial charge < -0.3 is 4.74 Å². The van der Waals surface area contributed by atoms with E-state index in [1.54, 1.807) is 6.92 Å². The minimum atomic E-state index is -1.19. The maximum atomic E-state index is 13.5. The molecule has 0 radical (unpaired) electrons. The molecule has 0 aliphatic heterocycles. The number of halogens is 2. The van der Waals surface area contributed by atoms with E-state index in [0.717, 1.165) is 6.07 Å². The lowest BCUT2D eigenvalue weighted by Crippen LogP contribution is -2.32. The van der Waals surface area contributed by atoms with Crippen LogP contribution in [-0.4, -0.2) is 12.6 Å². The summed E-state index contributed by atoms with van der Waals surface area (Å²) in [5.41, 5.74) is -1.19. The van der Waals surface area contributed by atoms with Crippen molar-refractivity contribution in [1.29, 1.82) is 0 Å². The smallest absolute Gasteiger partial charge is 0.316 e. The number of carbonyl (C=O) groups excluding carboxylic acids is 1. The fourth-order valence-corrected chi connectivity index (χ4v) is 1.41. The molecule has 0 saturated carbocycles. The number of carbonyl (C=O) groups is 1. The van der Waals surface area contributed by atoms with E-state index in [4.69, 9.17) is 4.74 Å². The summed E-state index contributed by atoms with van der Waals surface area (Å²) in [7, 11) is 0. The highest BCUT2D eigenvalue weighted by atomic mass is 19.2. The normalized spacial score (nSPS) is 11.3. The Morgan fingerprint density at radius 2 is 2.00 bits per heavy atom. The number of esters is 1. The SMILES string of the molecule is CCOC(=O)C(C)(C)c1cccc(F)c1F. The Morgan fingerprint density at radius 1 is 1.38 bits per heavy atom. The Bertz CT molecular complexity index is 400. The van der Waals surface area contributed by atoms with Gasteiger partial charge in [-0.25, -0.2) is 8.78 Å². The van der Waals surface area contributed by atoms with Gasteiger partial charge in [0, 0.05) is 5.56 Å². The molecule has 1 rings (SSSR count). The Hall–Kier alpha value is -1.45. The number of hydrogen-bond donors (Lipinski definition) is 0. The summed E-state index contributed by atoms with van der Waals surface area (Å²) >= 11 is 0. The zero-order valence-corrected chi connectivity index (χ0v) is 9.51. The molecular formula is C12H14F2O2. The third kappa shape index (κ3) is 2.21. The molecule has 0 unspecified atom stereocenters. The van der Waals surface area contributed by atoms with Crippen molar-refractivity contribution < 1.29 is 18.3 Å². The zero-order chi connectivity index (χ0) is 12.3. The summed E-state index contributed by atoms with van der Waals surface area (Å²) < 4.78 is 31.4. The van der Waals surface area contributed by atoms with E-state index in [1.807, 2.05) is 0 Å². The van der Waals surface area contributed by atoms with Crippen molar-refractivity contribution in [3.8, 4) is 0 Å². The maximum absolute atomic E-state index is 13.5. The standard InChI is InChI=1S/C12H14F2O2/c1-4-16-11(15)12(2,3)8-6-5-7-9(13)10(8)14/h5-7H,4H2,1-3H3. The van der Waals surface area contributed by atoms with Crippen LogP contribution >= 0.6 is 0 Å². The summed E-state index contributed by atoms with van der Waals surface area (Å²) in [6.45, 7) is 4.88. The van der Waals surface area contributed by atoms with E-state index < -0.39 is 23.0 Å². The maximum Gasteiger partial charge on any atom is 0.316 e. The number of benzene rings is 1.